The Morgan fingerprint density at radius 3 is 2.19 bits per heavy atom. The number of hydrogen-bond donors (Lipinski definition) is 3. The second kappa shape index (κ2) is 11.2. The van der Waals surface area contributed by atoms with E-state index < -0.39 is 6.04 Å². The fraction of sp³-hybridized carbons (Fsp3) is 0.462. The summed E-state index contributed by atoms with van der Waals surface area (Å²) in [4.78, 5) is 27.7. The van der Waals surface area contributed by atoms with Crippen LogP contribution in [-0.2, 0) is 17.9 Å². The van der Waals surface area contributed by atoms with Crippen LogP contribution in [0, 0.1) is 12.8 Å². The lowest BCUT2D eigenvalue weighted by molar-refractivity contribution is -0.124. The Balaban J connectivity index is 1.51. The van der Waals surface area contributed by atoms with E-state index in [-0.39, 0.29) is 23.8 Å². The molecule has 0 spiro atoms. The molecule has 3 rings (SSSR count). The first kappa shape index (κ1) is 24.0. The van der Waals surface area contributed by atoms with Crippen molar-refractivity contribution in [1.82, 2.24) is 15.5 Å². The monoisotopic (exact) mass is 437 g/mol. The first-order valence-electron chi connectivity index (χ1n) is 11.5. The first-order chi connectivity index (χ1) is 15.3. The van der Waals surface area contributed by atoms with Gasteiger partial charge >= 0.3 is 0 Å². The number of aliphatic hydroxyl groups is 1. The van der Waals surface area contributed by atoms with Crippen molar-refractivity contribution in [3.05, 3.63) is 70.8 Å². The number of amides is 2. The third-order valence-corrected chi connectivity index (χ3v) is 6.00. The molecule has 6 heteroatoms. The van der Waals surface area contributed by atoms with Crippen molar-refractivity contribution in [3.63, 3.8) is 0 Å². The molecule has 2 amide bonds. The van der Waals surface area contributed by atoms with Crippen LogP contribution in [0.5, 0.6) is 0 Å². The van der Waals surface area contributed by atoms with Crippen molar-refractivity contribution in [2.75, 3.05) is 13.1 Å². The van der Waals surface area contributed by atoms with E-state index in [1.165, 1.54) is 5.56 Å². The number of nitrogens with zero attached hydrogens (tertiary/aromatic N) is 1. The highest BCUT2D eigenvalue weighted by Gasteiger charge is 2.24. The third kappa shape index (κ3) is 6.90. The number of hydrogen-bond acceptors (Lipinski definition) is 4. The minimum Gasteiger partial charge on any atom is -0.393 e. The summed E-state index contributed by atoms with van der Waals surface area (Å²) in [6.07, 6.45) is 1.51. The van der Waals surface area contributed by atoms with E-state index in [0.717, 1.165) is 43.6 Å². The van der Waals surface area contributed by atoms with E-state index >= 15 is 0 Å². The maximum Gasteiger partial charge on any atom is 0.251 e. The zero-order chi connectivity index (χ0) is 23.1. The SMILES string of the molecule is Cc1ccc(C(=O)NC(C(=O)NCc2ccc(CN3CCC(O)CC3)cc2)C(C)C)cc1. The molecule has 32 heavy (non-hydrogen) atoms. The van der Waals surface area contributed by atoms with E-state index in [9.17, 15) is 14.7 Å². The Labute approximate surface area is 191 Å². The fourth-order valence-electron chi connectivity index (χ4n) is 3.86. The second-order valence-corrected chi connectivity index (χ2v) is 9.10. The summed E-state index contributed by atoms with van der Waals surface area (Å²) in [6, 6.07) is 15.0. The largest absolute Gasteiger partial charge is 0.393 e. The molecule has 1 heterocycles. The number of piperidine rings is 1. The molecule has 3 N–H and O–H groups in total. The van der Waals surface area contributed by atoms with Crippen molar-refractivity contribution in [3.8, 4) is 0 Å². The molecule has 1 aliphatic heterocycles. The molecule has 0 aromatic heterocycles. The van der Waals surface area contributed by atoms with Gasteiger partial charge in [-0.3, -0.25) is 14.5 Å². The van der Waals surface area contributed by atoms with E-state index in [2.05, 4.69) is 27.7 Å². The smallest absolute Gasteiger partial charge is 0.251 e. The second-order valence-electron chi connectivity index (χ2n) is 9.10. The van der Waals surface area contributed by atoms with Gasteiger partial charge in [0.15, 0.2) is 0 Å². The van der Waals surface area contributed by atoms with Crippen LogP contribution in [0.25, 0.3) is 0 Å². The molecule has 1 atom stereocenters. The molecule has 6 nitrogen and oxygen atoms in total. The lowest BCUT2D eigenvalue weighted by Crippen LogP contribution is -2.49. The number of nitrogens with one attached hydrogen (secondary N) is 2. The van der Waals surface area contributed by atoms with Gasteiger partial charge in [-0.25, -0.2) is 0 Å². The van der Waals surface area contributed by atoms with Crippen LogP contribution in [0.4, 0.5) is 0 Å². The summed E-state index contributed by atoms with van der Waals surface area (Å²) >= 11 is 0. The molecule has 2 aromatic rings. The van der Waals surface area contributed by atoms with Gasteiger partial charge in [0.2, 0.25) is 5.91 Å². The quantitative estimate of drug-likeness (QED) is 0.593. The molecule has 2 aromatic carbocycles. The van der Waals surface area contributed by atoms with Gasteiger partial charge in [0, 0.05) is 31.7 Å². The Hall–Kier alpha value is -2.70. The van der Waals surface area contributed by atoms with Gasteiger partial charge in [-0.15, -0.1) is 0 Å². The highest BCUT2D eigenvalue weighted by atomic mass is 16.3. The van der Waals surface area contributed by atoms with Crippen LogP contribution in [0.15, 0.2) is 48.5 Å². The summed E-state index contributed by atoms with van der Waals surface area (Å²) < 4.78 is 0. The molecule has 1 aliphatic rings. The maximum atomic E-state index is 12.8. The average Bonchev–Trinajstić information content (AvgIpc) is 2.78. The molecular weight excluding hydrogens is 402 g/mol. The lowest BCUT2D eigenvalue weighted by Gasteiger charge is -2.29. The van der Waals surface area contributed by atoms with Gasteiger partial charge in [0.1, 0.15) is 6.04 Å². The van der Waals surface area contributed by atoms with E-state index in [0.29, 0.717) is 12.1 Å². The maximum absolute atomic E-state index is 12.8. The summed E-state index contributed by atoms with van der Waals surface area (Å²) in [6.45, 7) is 8.95. The summed E-state index contributed by atoms with van der Waals surface area (Å²) in [5, 5.41) is 15.5. The van der Waals surface area contributed by atoms with E-state index in [4.69, 9.17) is 0 Å². The highest BCUT2D eigenvalue weighted by molar-refractivity contribution is 5.97. The number of carbonyl (C=O) groups is 2. The molecule has 0 saturated carbocycles. The van der Waals surface area contributed by atoms with Gasteiger partial charge in [-0.1, -0.05) is 55.8 Å². The van der Waals surface area contributed by atoms with E-state index in [1.54, 1.807) is 12.1 Å². The molecule has 0 radical (unpaired) electrons. The number of benzene rings is 2. The summed E-state index contributed by atoms with van der Waals surface area (Å²) in [5.74, 6) is -0.459. The van der Waals surface area contributed by atoms with Crippen molar-refractivity contribution >= 4 is 11.8 Å². The number of aliphatic hydroxyl groups excluding tert-OH is 1. The number of rotatable bonds is 8. The minimum absolute atomic E-state index is 0.0326. The van der Waals surface area contributed by atoms with Crippen LogP contribution in [0.3, 0.4) is 0 Å². The Morgan fingerprint density at radius 2 is 1.59 bits per heavy atom. The molecule has 0 bridgehead atoms. The predicted octanol–water partition coefficient (Wildman–Crippen LogP) is 3.02. The van der Waals surface area contributed by atoms with Gasteiger partial charge in [0.25, 0.3) is 5.91 Å². The standard InChI is InChI=1S/C26H35N3O3/c1-18(2)24(28-25(31)22-10-4-19(3)5-11-22)26(32)27-16-20-6-8-21(9-7-20)17-29-14-12-23(30)13-15-29/h4-11,18,23-24,30H,12-17H2,1-3H3,(H,27,32)(H,28,31). The van der Waals surface area contributed by atoms with Gasteiger partial charge in [0.05, 0.1) is 6.10 Å². The molecule has 1 unspecified atom stereocenters. The Bertz CT molecular complexity index is 886. The zero-order valence-corrected chi connectivity index (χ0v) is 19.3. The van der Waals surface area contributed by atoms with E-state index in [1.807, 2.05) is 45.0 Å². The third-order valence-electron chi connectivity index (χ3n) is 6.00. The molecule has 172 valence electrons. The predicted molar refractivity (Wildman–Crippen MR) is 126 cm³/mol. The van der Waals surface area contributed by atoms with Crippen LogP contribution in [0.2, 0.25) is 0 Å². The summed E-state index contributed by atoms with van der Waals surface area (Å²) in [5.41, 5.74) is 3.87. The van der Waals surface area contributed by atoms with Crippen LogP contribution in [0.1, 0.15) is 53.7 Å². The Morgan fingerprint density at radius 1 is 1.00 bits per heavy atom. The number of carbonyl (C=O) groups excluding carboxylic acids is 2. The van der Waals surface area contributed by atoms with Crippen molar-refractivity contribution in [2.45, 2.75) is 58.8 Å². The molecule has 1 saturated heterocycles. The lowest BCUT2D eigenvalue weighted by atomic mass is 10.0. The minimum atomic E-state index is -0.600. The Kier molecular flexibility index (Phi) is 8.42. The van der Waals surface area contributed by atoms with Crippen molar-refractivity contribution < 1.29 is 14.7 Å². The molecular formula is C26H35N3O3. The van der Waals surface area contributed by atoms with Crippen LogP contribution in [-0.4, -0.2) is 47.1 Å². The normalized spacial score (nSPS) is 16.0. The number of aryl methyl sites for hydroxylation is 1. The van der Waals surface area contributed by atoms with Gasteiger partial charge in [-0.05, 0) is 48.9 Å². The van der Waals surface area contributed by atoms with Crippen molar-refractivity contribution in [1.29, 1.82) is 0 Å². The van der Waals surface area contributed by atoms with Gasteiger partial charge in [-0.2, -0.15) is 0 Å². The zero-order valence-electron chi connectivity index (χ0n) is 19.3. The fourth-order valence-corrected chi connectivity index (χ4v) is 3.86. The highest BCUT2D eigenvalue weighted by Crippen LogP contribution is 2.14. The molecule has 0 aliphatic carbocycles. The molecule has 1 fully saturated rings. The average molecular weight is 438 g/mol. The first-order valence-corrected chi connectivity index (χ1v) is 11.5. The van der Waals surface area contributed by atoms with Gasteiger partial charge < -0.3 is 15.7 Å². The summed E-state index contributed by atoms with van der Waals surface area (Å²) in [7, 11) is 0. The number of likely N-dealkylation sites (tertiary alicyclic amines) is 1. The van der Waals surface area contributed by atoms with Crippen LogP contribution >= 0.6 is 0 Å². The van der Waals surface area contributed by atoms with Crippen LogP contribution < -0.4 is 10.6 Å². The van der Waals surface area contributed by atoms with Crippen molar-refractivity contribution in [2.24, 2.45) is 5.92 Å². The topological polar surface area (TPSA) is 81.7 Å².